The fraction of sp³-hybridized carbons (Fsp3) is 0.800. The first kappa shape index (κ1) is 14.4. The molecule has 0 aromatic carbocycles. The fourth-order valence-electron chi connectivity index (χ4n) is 4.03. The Morgan fingerprint density at radius 1 is 1.48 bits per heavy atom. The normalized spacial score (nSPS) is 40.8. The highest BCUT2D eigenvalue weighted by Gasteiger charge is 2.75. The number of ether oxygens (including phenoxy) is 3. The van der Waals surface area contributed by atoms with Gasteiger partial charge in [-0.3, -0.25) is 14.4 Å². The maximum absolute atomic E-state index is 12.2. The van der Waals surface area contributed by atoms with Gasteiger partial charge in [-0.2, -0.15) is 0 Å². The molecule has 3 fully saturated rings. The molecule has 0 N–H and O–H groups in total. The van der Waals surface area contributed by atoms with E-state index in [0.717, 1.165) is 0 Å². The summed E-state index contributed by atoms with van der Waals surface area (Å²) in [4.78, 5) is 36.2. The molecule has 2 bridgehead atoms. The maximum Gasteiger partial charge on any atom is 0.324 e. The number of hydrogen-bond acceptors (Lipinski definition) is 6. The third-order valence-corrected chi connectivity index (χ3v) is 5.38. The van der Waals surface area contributed by atoms with Crippen LogP contribution in [-0.4, -0.2) is 37.2 Å². The predicted octanol–water partition coefficient (Wildman–Crippen LogP) is 1.07. The zero-order valence-electron chi connectivity index (χ0n) is 12.5. The second-order valence-corrected chi connectivity index (χ2v) is 6.35. The van der Waals surface area contributed by atoms with Crippen LogP contribution < -0.4 is 0 Å². The van der Waals surface area contributed by atoms with Crippen LogP contribution in [0.25, 0.3) is 0 Å². The van der Waals surface area contributed by atoms with Crippen molar-refractivity contribution in [2.75, 3.05) is 7.11 Å². The van der Waals surface area contributed by atoms with Crippen LogP contribution in [0.4, 0.5) is 0 Å². The van der Waals surface area contributed by atoms with E-state index in [1.807, 2.05) is 13.8 Å². The van der Waals surface area contributed by atoms with Crippen LogP contribution in [0.1, 0.15) is 33.1 Å². The van der Waals surface area contributed by atoms with Crippen molar-refractivity contribution in [3.63, 3.8) is 0 Å². The minimum atomic E-state index is -1.16. The Morgan fingerprint density at radius 3 is 2.81 bits per heavy atom. The van der Waals surface area contributed by atoms with Crippen LogP contribution in [-0.2, 0) is 28.6 Å². The summed E-state index contributed by atoms with van der Waals surface area (Å²) >= 11 is 0. The molecule has 6 unspecified atom stereocenters. The van der Waals surface area contributed by atoms with E-state index < -0.39 is 29.6 Å². The average Bonchev–Trinajstić information content (AvgIpc) is 3.07. The van der Waals surface area contributed by atoms with Gasteiger partial charge in [-0.25, -0.2) is 0 Å². The summed E-state index contributed by atoms with van der Waals surface area (Å²) in [6, 6.07) is 0. The second-order valence-electron chi connectivity index (χ2n) is 6.35. The first-order valence-electron chi connectivity index (χ1n) is 7.45. The molecular weight excluding hydrogens is 276 g/mol. The third kappa shape index (κ3) is 1.74. The smallest absolute Gasteiger partial charge is 0.324 e. The molecule has 2 saturated carbocycles. The van der Waals surface area contributed by atoms with E-state index in [1.165, 1.54) is 7.11 Å². The molecule has 0 aromatic rings. The Bertz CT molecular complexity index is 500. The van der Waals surface area contributed by atoms with Gasteiger partial charge >= 0.3 is 17.9 Å². The molecule has 6 nitrogen and oxygen atoms in total. The van der Waals surface area contributed by atoms with Crippen LogP contribution in [0.3, 0.4) is 0 Å². The molecule has 1 saturated heterocycles. The zero-order chi connectivity index (χ0) is 15.4. The van der Waals surface area contributed by atoms with Crippen molar-refractivity contribution in [1.82, 2.24) is 0 Å². The summed E-state index contributed by atoms with van der Waals surface area (Å²) in [5.41, 5.74) is -1.16. The molecule has 0 spiro atoms. The summed E-state index contributed by atoms with van der Waals surface area (Å²) in [6.07, 6.45) is 0.822. The minimum absolute atomic E-state index is 0.00134. The van der Waals surface area contributed by atoms with Crippen LogP contribution in [0, 0.1) is 23.2 Å². The SMILES string of the molecule is CCC(C)C(=O)OC1C2CC3C1OC(=O)C3(C(=O)OC)C2. The Hall–Kier alpha value is -1.59. The van der Waals surface area contributed by atoms with Gasteiger partial charge in [0.15, 0.2) is 5.41 Å². The molecule has 1 aliphatic heterocycles. The van der Waals surface area contributed by atoms with E-state index in [-0.39, 0.29) is 23.7 Å². The average molecular weight is 296 g/mol. The van der Waals surface area contributed by atoms with Crippen LogP contribution in [0.15, 0.2) is 0 Å². The zero-order valence-corrected chi connectivity index (χ0v) is 12.5. The lowest BCUT2D eigenvalue weighted by Crippen LogP contribution is -2.45. The van der Waals surface area contributed by atoms with E-state index >= 15 is 0 Å². The van der Waals surface area contributed by atoms with Gasteiger partial charge in [0.25, 0.3) is 0 Å². The van der Waals surface area contributed by atoms with Crippen molar-refractivity contribution >= 4 is 17.9 Å². The van der Waals surface area contributed by atoms with E-state index in [9.17, 15) is 14.4 Å². The summed E-state index contributed by atoms with van der Waals surface area (Å²) in [5.74, 6) is -1.70. The number of hydrogen-bond donors (Lipinski definition) is 0. The molecule has 0 radical (unpaired) electrons. The number of esters is 3. The van der Waals surface area contributed by atoms with Crippen LogP contribution in [0.2, 0.25) is 0 Å². The van der Waals surface area contributed by atoms with Gasteiger partial charge < -0.3 is 14.2 Å². The number of carbonyl (C=O) groups excluding carboxylic acids is 3. The molecule has 1 heterocycles. The van der Waals surface area contributed by atoms with Crippen molar-refractivity contribution in [2.24, 2.45) is 23.2 Å². The van der Waals surface area contributed by atoms with E-state index in [1.54, 1.807) is 0 Å². The monoisotopic (exact) mass is 296 g/mol. The van der Waals surface area contributed by atoms with Gasteiger partial charge in [-0.05, 0) is 19.3 Å². The Kier molecular flexibility index (Phi) is 3.22. The predicted molar refractivity (Wildman–Crippen MR) is 69.9 cm³/mol. The van der Waals surface area contributed by atoms with Crippen molar-refractivity contribution in [1.29, 1.82) is 0 Å². The highest BCUT2D eigenvalue weighted by atomic mass is 16.6. The van der Waals surface area contributed by atoms with Crippen molar-refractivity contribution < 1.29 is 28.6 Å². The first-order valence-corrected chi connectivity index (χ1v) is 7.45. The third-order valence-electron chi connectivity index (χ3n) is 5.38. The summed E-state index contributed by atoms with van der Waals surface area (Å²) in [5, 5.41) is 0. The number of carbonyl (C=O) groups is 3. The van der Waals surface area contributed by atoms with Gasteiger partial charge in [0.2, 0.25) is 0 Å². The maximum atomic E-state index is 12.2. The van der Waals surface area contributed by atoms with Crippen molar-refractivity contribution in [3.8, 4) is 0 Å². The van der Waals surface area contributed by atoms with Gasteiger partial charge in [0, 0.05) is 11.8 Å². The van der Waals surface area contributed by atoms with Gasteiger partial charge in [0.1, 0.15) is 12.2 Å². The summed E-state index contributed by atoms with van der Waals surface area (Å²) < 4.78 is 15.7. The molecule has 116 valence electrons. The molecule has 3 rings (SSSR count). The molecule has 6 atom stereocenters. The molecule has 0 amide bonds. The molecule has 2 aliphatic carbocycles. The van der Waals surface area contributed by atoms with Gasteiger partial charge in [-0.1, -0.05) is 13.8 Å². The fourth-order valence-corrected chi connectivity index (χ4v) is 4.03. The quantitative estimate of drug-likeness (QED) is 0.438. The van der Waals surface area contributed by atoms with Gasteiger partial charge in [0.05, 0.1) is 13.0 Å². The summed E-state index contributed by atoms with van der Waals surface area (Å²) in [6.45, 7) is 3.74. The Balaban J connectivity index is 1.80. The van der Waals surface area contributed by atoms with E-state index in [2.05, 4.69) is 0 Å². The van der Waals surface area contributed by atoms with E-state index in [4.69, 9.17) is 14.2 Å². The second kappa shape index (κ2) is 4.71. The highest BCUT2D eigenvalue weighted by molar-refractivity contribution is 6.03. The lowest BCUT2D eigenvalue weighted by Gasteiger charge is -2.30. The molecular formula is C15H20O6. The van der Waals surface area contributed by atoms with Crippen molar-refractivity contribution in [3.05, 3.63) is 0 Å². The van der Waals surface area contributed by atoms with Crippen LogP contribution in [0.5, 0.6) is 0 Å². The molecule has 21 heavy (non-hydrogen) atoms. The number of methoxy groups -OCH3 is 1. The van der Waals surface area contributed by atoms with Gasteiger partial charge in [-0.15, -0.1) is 0 Å². The molecule has 6 heteroatoms. The lowest BCUT2D eigenvalue weighted by atomic mass is 9.73. The van der Waals surface area contributed by atoms with E-state index in [0.29, 0.717) is 19.3 Å². The van der Waals surface area contributed by atoms with Crippen LogP contribution >= 0.6 is 0 Å². The minimum Gasteiger partial charge on any atom is -0.468 e. The van der Waals surface area contributed by atoms with Crippen molar-refractivity contribution in [2.45, 2.75) is 45.3 Å². The number of rotatable bonds is 4. The largest absolute Gasteiger partial charge is 0.468 e. The lowest BCUT2D eigenvalue weighted by molar-refractivity contribution is -0.165. The topological polar surface area (TPSA) is 78.9 Å². The first-order chi connectivity index (χ1) is 9.95. The summed E-state index contributed by atoms with van der Waals surface area (Å²) in [7, 11) is 1.28. The molecule has 3 aliphatic rings. The molecule has 0 aromatic heterocycles. The number of fused-ring (bicyclic) bond motifs is 1. The Morgan fingerprint density at radius 2 is 2.19 bits per heavy atom. The highest BCUT2D eigenvalue weighted by Crippen LogP contribution is 2.62. The Labute approximate surface area is 123 Å². The standard InChI is InChI=1S/C15H20O6/c1-4-7(2)12(16)20-10-8-5-9-11(10)21-14(18)15(9,6-8)13(17)19-3/h7-11H,4-6H2,1-3H3.